The fourth-order valence-electron chi connectivity index (χ4n) is 4.56. The molecule has 0 bridgehead atoms. The number of hydrogen-bond acceptors (Lipinski definition) is 4. The Morgan fingerprint density at radius 3 is 2.69 bits per heavy atom. The number of nitrogens with zero attached hydrogens (tertiary/aromatic N) is 1. The van der Waals surface area contributed by atoms with Crippen LogP contribution in [0.2, 0.25) is 0 Å². The highest BCUT2D eigenvalue weighted by molar-refractivity contribution is 5.94. The number of benzene rings is 2. The van der Waals surface area contributed by atoms with Gasteiger partial charge in [-0.05, 0) is 48.9 Å². The Labute approximate surface area is 186 Å². The summed E-state index contributed by atoms with van der Waals surface area (Å²) in [4.78, 5) is 38.2. The molecule has 32 heavy (non-hydrogen) atoms. The van der Waals surface area contributed by atoms with Gasteiger partial charge >= 0.3 is 11.6 Å². The van der Waals surface area contributed by atoms with Crippen LogP contribution < -0.4 is 5.63 Å². The first-order valence-electron chi connectivity index (χ1n) is 11.0. The number of carbonyl (C=O) groups is 2. The molecule has 2 aromatic carbocycles. The Hall–Kier alpha value is -3.41. The van der Waals surface area contributed by atoms with Crippen LogP contribution in [0.5, 0.6) is 0 Å². The fraction of sp³-hybridized carbons (Fsp3) is 0.346. The molecule has 6 nitrogen and oxygen atoms in total. The molecule has 0 radical (unpaired) electrons. The first-order chi connectivity index (χ1) is 15.3. The minimum atomic E-state index is -0.843. The first kappa shape index (κ1) is 21.8. The van der Waals surface area contributed by atoms with Crippen LogP contribution in [0, 0.1) is 18.8 Å². The number of fused-ring (bicyclic) bond motifs is 1. The number of aliphatic carboxylic acids is 1. The van der Waals surface area contributed by atoms with E-state index in [9.17, 15) is 19.5 Å². The van der Waals surface area contributed by atoms with E-state index >= 15 is 0 Å². The van der Waals surface area contributed by atoms with Crippen molar-refractivity contribution in [1.82, 2.24) is 4.90 Å². The van der Waals surface area contributed by atoms with Gasteiger partial charge in [0.05, 0.1) is 5.92 Å². The first-order valence-corrected chi connectivity index (χ1v) is 11.0. The van der Waals surface area contributed by atoms with Gasteiger partial charge in [-0.25, -0.2) is 4.79 Å². The van der Waals surface area contributed by atoms with Gasteiger partial charge in [0, 0.05) is 36.0 Å². The number of carboxylic acid groups (broad SMARTS) is 1. The van der Waals surface area contributed by atoms with Gasteiger partial charge in [0.25, 0.3) is 0 Å². The van der Waals surface area contributed by atoms with Gasteiger partial charge in [0.15, 0.2) is 0 Å². The van der Waals surface area contributed by atoms with Gasteiger partial charge < -0.3 is 14.4 Å². The van der Waals surface area contributed by atoms with E-state index in [1.54, 1.807) is 4.90 Å². The maximum absolute atomic E-state index is 12.9. The summed E-state index contributed by atoms with van der Waals surface area (Å²) in [6.07, 6.45) is 1.81. The lowest BCUT2D eigenvalue weighted by Gasteiger charge is -2.32. The lowest BCUT2D eigenvalue weighted by atomic mass is 9.93. The summed E-state index contributed by atoms with van der Waals surface area (Å²) >= 11 is 0. The minimum absolute atomic E-state index is 0.0360. The van der Waals surface area contributed by atoms with Gasteiger partial charge in [-0.1, -0.05) is 43.3 Å². The maximum atomic E-state index is 12.9. The predicted molar refractivity (Wildman–Crippen MR) is 122 cm³/mol. The number of carboxylic acids is 1. The van der Waals surface area contributed by atoms with Gasteiger partial charge in [-0.2, -0.15) is 0 Å². The summed E-state index contributed by atoms with van der Waals surface area (Å²) in [5, 5.41) is 10.1. The zero-order valence-corrected chi connectivity index (χ0v) is 18.3. The number of piperidine rings is 1. The van der Waals surface area contributed by atoms with Crippen molar-refractivity contribution in [2.75, 3.05) is 13.1 Å². The van der Waals surface area contributed by atoms with Gasteiger partial charge in [-0.3, -0.25) is 9.59 Å². The Kier molecular flexibility index (Phi) is 6.12. The molecule has 1 aromatic heterocycles. The zero-order chi connectivity index (χ0) is 22.8. The normalized spacial score (nSPS) is 17.3. The van der Waals surface area contributed by atoms with Crippen LogP contribution in [0.1, 0.15) is 30.9 Å². The molecule has 1 fully saturated rings. The number of aryl methyl sites for hydroxylation is 1. The van der Waals surface area contributed by atoms with Crippen molar-refractivity contribution in [3.8, 4) is 11.1 Å². The Morgan fingerprint density at radius 1 is 1.16 bits per heavy atom. The molecule has 0 saturated carbocycles. The van der Waals surface area contributed by atoms with Crippen molar-refractivity contribution in [2.45, 2.75) is 33.1 Å². The molecule has 1 aliphatic rings. The maximum Gasteiger partial charge on any atom is 0.336 e. The van der Waals surface area contributed by atoms with Gasteiger partial charge in [-0.15, -0.1) is 0 Å². The molecule has 166 valence electrons. The molecule has 1 N–H and O–H groups in total. The molecule has 1 saturated heterocycles. The number of hydrogen-bond donors (Lipinski definition) is 1. The second kappa shape index (κ2) is 8.99. The average Bonchev–Trinajstić information content (AvgIpc) is 2.78. The molecule has 4 rings (SSSR count). The number of amides is 1. The summed E-state index contributed by atoms with van der Waals surface area (Å²) in [5.74, 6) is -1.67. The van der Waals surface area contributed by atoms with Gasteiger partial charge in [0.2, 0.25) is 5.91 Å². The van der Waals surface area contributed by atoms with Crippen LogP contribution in [0.25, 0.3) is 22.1 Å². The molecule has 0 aliphatic carbocycles. The van der Waals surface area contributed by atoms with Crippen LogP contribution in [0.15, 0.2) is 57.7 Å². The van der Waals surface area contributed by atoms with Crippen LogP contribution in [0.4, 0.5) is 0 Å². The van der Waals surface area contributed by atoms with E-state index in [-0.39, 0.29) is 18.4 Å². The van der Waals surface area contributed by atoms with E-state index in [1.165, 1.54) is 6.07 Å². The molecule has 1 unspecified atom stereocenters. The second-order valence-corrected chi connectivity index (χ2v) is 8.69. The van der Waals surface area contributed by atoms with E-state index in [2.05, 4.69) is 0 Å². The molecule has 0 spiro atoms. The van der Waals surface area contributed by atoms with E-state index in [0.29, 0.717) is 31.4 Å². The van der Waals surface area contributed by atoms with Crippen LogP contribution >= 0.6 is 0 Å². The lowest BCUT2D eigenvalue weighted by molar-refractivity contribution is -0.146. The van der Waals surface area contributed by atoms with Crippen LogP contribution in [0.3, 0.4) is 0 Å². The van der Waals surface area contributed by atoms with Crippen LogP contribution in [-0.2, 0) is 16.0 Å². The summed E-state index contributed by atoms with van der Waals surface area (Å²) in [6, 6.07) is 15.2. The summed E-state index contributed by atoms with van der Waals surface area (Å²) < 4.78 is 5.49. The average molecular weight is 434 g/mol. The van der Waals surface area contributed by atoms with Crippen LogP contribution in [-0.4, -0.2) is 35.0 Å². The number of carbonyl (C=O) groups excluding carboxylic acids is 1. The Bertz CT molecular complexity index is 1230. The summed E-state index contributed by atoms with van der Waals surface area (Å²) in [6.45, 7) is 4.73. The van der Waals surface area contributed by atoms with E-state index in [4.69, 9.17) is 4.42 Å². The summed E-state index contributed by atoms with van der Waals surface area (Å²) in [7, 11) is 0. The zero-order valence-electron chi connectivity index (χ0n) is 18.3. The van der Waals surface area contributed by atoms with E-state index < -0.39 is 17.5 Å². The SMILES string of the molecule is Cc1ccccc1-c1cc(=O)oc2cc(CC(C)C(=O)N3CCC[C@H](C(=O)O)C3)ccc12. The second-order valence-electron chi connectivity index (χ2n) is 8.69. The topological polar surface area (TPSA) is 87.8 Å². The quantitative estimate of drug-likeness (QED) is 0.607. The molecule has 2 heterocycles. The highest BCUT2D eigenvalue weighted by atomic mass is 16.4. The summed E-state index contributed by atoms with van der Waals surface area (Å²) in [5.41, 5.74) is 3.87. The van der Waals surface area contributed by atoms with E-state index in [1.807, 2.05) is 56.3 Å². The lowest BCUT2D eigenvalue weighted by Crippen LogP contribution is -2.44. The van der Waals surface area contributed by atoms with Crippen molar-refractivity contribution in [3.05, 3.63) is 70.1 Å². The smallest absolute Gasteiger partial charge is 0.336 e. The third-order valence-corrected chi connectivity index (χ3v) is 6.29. The standard InChI is InChI=1S/C26H27NO5/c1-16-6-3-4-8-20(16)22-14-24(28)32-23-13-18(9-10-21(22)23)12-17(2)25(29)27-11-5-7-19(15-27)26(30)31/h3-4,6,8-10,13-14,17,19H,5,7,11-12,15H2,1-2H3,(H,30,31)/t17?,19-/m0/s1. The Morgan fingerprint density at radius 2 is 1.94 bits per heavy atom. The molecule has 3 aromatic rings. The highest BCUT2D eigenvalue weighted by Gasteiger charge is 2.30. The molecular formula is C26H27NO5. The molecule has 2 atom stereocenters. The van der Waals surface area contributed by atoms with E-state index in [0.717, 1.165) is 27.6 Å². The molecule has 1 aliphatic heterocycles. The van der Waals surface area contributed by atoms with Crippen molar-refractivity contribution < 1.29 is 19.1 Å². The molecule has 6 heteroatoms. The third-order valence-electron chi connectivity index (χ3n) is 6.29. The largest absolute Gasteiger partial charge is 0.481 e. The minimum Gasteiger partial charge on any atom is -0.481 e. The molecular weight excluding hydrogens is 406 g/mol. The van der Waals surface area contributed by atoms with Crippen molar-refractivity contribution in [3.63, 3.8) is 0 Å². The monoisotopic (exact) mass is 433 g/mol. The Balaban J connectivity index is 1.58. The van der Waals surface area contributed by atoms with Crippen molar-refractivity contribution in [2.24, 2.45) is 11.8 Å². The van der Waals surface area contributed by atoms with Crippen molar-refractivity contribution >= 4 is 22.8 Å². The number of rotatable bonds is 5. The molecule has 1 amide bonds. The predicted octanol–water partition coefficient (Wildman–Crippen LogP) is 4.27. The highest BCUT2D eigenvalue weighted by Crippen LogP contribution is 2.30. The van der Waals surface area contributed by atoms with Gasteiger partial charge in [0.1, 0.15) is 5.58 Å². The van der Waals surface area contributed by atoms with Crippen molar-refractivity contribution in [1.29, 1.82) is 0 Å². The fourth-order valence-corrected chi connectivity index (χ4v) is 4.56. The third kappa shape index (κ3) is 4.44. The number of likely N-dealkylation sites (tertiary alicyclic amines) is 1.